The quantitative estimate of drug-likeness (QED) is 0.666. The van der Waals surface area contributed by atoms with Crippen molar-refractivity contribution in [3.05, 3.63) is 53.1 Å². The Labute approximate surface area is 135 Å². The molecule has 0 aliphatic rings. The second-order valence-electron chi connectivity index (χ2n) is 3.87. The molecule has 0 saturated carbocycles. The summed E-state index contributed by atoms with van der Waals surface area (Å²) in [6.45, 7) is 0. The molecule has 0 aliphatic carbocycles. The topological polar surface area (TPSA) is 21.3 Å². The van der Waals surface area contributed by atoms with Crippen LogP contribution in [0.4, 0.5) is 18.9 Å². The van der Waals surface area contributed by atoms with Crippen molar-refractivity contribution >= 4 is 41.5 Å². The lowest BCUT2D eigenvalue weighted by Gasteiger charge is -2.11. The fourth-order valence-electron chi connectivity index (χ4n) is 1.51. The fourth-order valence-corrected chi connectivity index (χ4v) is 1.84. The van der Waals surface area contributed by atoms with Crippen LogP contribution in [0.1, 0.15) is 5.56 Å². The van der Waals surface area contributed by atoms with Gasteiger partial charge >= 0.3 is 6.18 Å². The van der Waals surface area contributed by atoms with Crippen molar-refractivity contribution in [3.63, 3.8) is 0 Å². The first-order valence-electron chi connectivity index (χ1n) is 5.41. The fraction of sp³-hybridized carbons (Fsp3) is 0.0769. The van der Waals surface area contributed by atoms with Gasteiger partial charge in [-0.3, -0.25) is 4.84 Å². The van der Waals surface area contributed by atoms with E-state index in [9.17, 15) is 13.2 Å². The van der Waals surface area contributed by atoms with Crippen LogP contribution in [-0.4, -0.2) is 0 Å². The second-order valence-corrected chi connectivity index (χ2v) is 4.46. The molecule has 0 heterocycles. The molecule has 2 nitrogen and oxygen atoms in total. The largest absolute Gasteiger partial charge is 0.456 e. The number of ether oxygens (including phenoxy) is 1. The van der Waals surface area contributed by atoms with E-state index in [0.29, 0.717) is 11.4 Å². The third-order valence-corrected chi connectivity index (χ3v) is 2.94. The number of hydrogen-bond acceptors (Lipinski definition) is 2. The van der Waals surface area contributed by atoms with E-state index in [2.05, 4.69) is 4.84 Å². The van der Waals surface area contributed by atoms with Crippen LogP contribution < -0.4 is 9.57 Å². The monoisotopic (exact) mass is 357 g/mol. The highest BCUT2D eigenvalue weighted by atomic mass is 35.5. The number of rotatable bonds is 3. The van der Waals surface area contributed by atoms with Gasteiger partial charge in [0.05, 0.1) is 16.3 Å². The summed E-state index contributed by atoms with van der Waals surface area (Å²) in [6, 6.07) is 9.50. The maximum atomic E-state index is 12.5. The van der Waals surface area contributed by atoms with Crippen LogP contribution in [-0.2, 0) is 6.18 Å². The van der Waals surface area contributed by atoms with Crippen LogP contribution in [0, 0.1) is 0 Å². The minimum Gasteiger partial charge on any atom is -0.456 e. The Morgan fingerprint density at radius 2 is 1.76 bits per heavy atom. The van der Waals surface area contributed by atoms with E-state index in [-0.39, 0.29) is 23.2 Å². The Hall–Kier alpha value is -1.30. The SMILES string of the molecule is Cl.FC(F)(F)c1ccc(Oc2cccc(NCl)c2)c(Cl)c1. The van der Waals surface area contributed by atoms with E-state index in [1.807, 2.05) is 0 Å². The first kappa shape index (κ1) is 17.8. The lowest BCUT2D eigenvalue weighted by molar-refractivity contribution is -0.137. The number of anilines is 1. The molecule has 1 N–H and O–H groups in total. The average Bonchev–Trinajstić information content (AvgIpc) is 2.40. The van der Waals surface area contributed by atoms with Crippen molar-refractivity contribution < 1.29 is 17.9 Å². The van der Waals surface area contributed by atoms with Crippen molar-refractivity contribution in [1.82, 2.24) is 0 Å². The van der Waals surface area contributed by atoms with Gasteiger partial charge in [0.2, 0.25) is 0 Å². The summed E-state index contributed by atoms with van der Waals surface area (Å²) in [6.07, 6.45) is -4.44. The highest BCUT2D eigenvalue weighted by Crippen LogP contribution is 2.36. The van der Waals surface area contributed by atoms with Crippen molar-refractivity contribution in [2.45, 2.75) is 6.18 Å². The van der Waals surface area contributed by atoms with Gasteiger partial charge in [0, 0.05) is 17.8 Å². The smallest absolute Gasteiger partial charge is 0.416 e. The molecular formula is C13H9Cl3F3NO. The summed E-state index contributed by atoms with van der Waals surface area (Å²) >= 11 is 11.2. The zero-order valence-corrected chi connectivity index (χ0v) is 12.6. The molecule has 114 valence electrons. The van der Waals surface area contributed by atoms with Gasteiger partial charge in [-0.25, -0.2) is 0 Å². The molecule has 0 unspecified atom stereocenters. The predicted octanol–water partition coefficient (Wildman–Crippen LogP) is 6.14. The lowest BCUT2D eigenvalue weighted by atomic mass is 10.2. The summed E-state index contributed by atoms with van der Waals surface area (Å²) in [5.41, 5.74) is -0.238. The van der Waals surface area contributed by atoms with Gasteiger partial charge in [-0.15, -0.1) is 12.4 Å². The number of alkyl halides is 3. The molecule has 0 aromatic heterocycles. The molecule has 21 heavy (non-hydrogen) atoms. The van der Waals surface area contributed by atoms with Crippen LogP contribution >= 0.6 is 35.8 Å². The van der Waals surface area contributed by atoms with Gasteiger partial charge in [-0.05, 0) is 30.3 Å². The summed E-state index contributed by atoms with van der Waals surface area (Å²) in [7, 11) is 0. The zero-order valence-electron chi connectivity index (χ0n) is 10.2. The zero-order chi connectivity index (χ0) is 14.8. The van der Waals surface area contributed by atoms with Crippen molar-refractivity contribution in [3.8, 4) is 11.5 Å². The number of nitrogens with one attached hydrogen (secondary N) is 1. The Kier molecular flexibility index (Phi) is 6.01. The van der Waals surface area contributed by atoms with Gasteiger partial charge in [-0.2, -0.15) is 13.2 Å². The molecule has 2 rings (SSSR count). The standard InChI is InChI=1S/C13H8Cl2F3NO.ClH/c14-11-6-8(13(16,17)18)4-5-12(11)20-10-3-1-2-9(7-10)19-15;/h1-7,19H;1H. The Balaban J connectivity index is 0.00000220. The molecule has 0 saturated heterocycles. The predicted molar refractivity (Wildman–Crippen MR) is 79.7 cm³/mol. The lowest BCUT2D eigenvalue weighted by Crippen LogP contribution is -2.04. The van der Waals surface area contributed by atoms with Crippen LogP contribution in [0.2, 0.25) is 5.02 Å². The van der Waals surface area contributed by atoms with E-state index in [1.165, 1.54) is 6.07 Å². The summed E-state index contributed by atoms with van der Waals surface area (Å²) in [4.78, 5) is 2.41. The Bertz CT molecular complexity index is 620. The molecular weight excluding hydrogens is 350 g/mol. The number of hydrogen-bond donors (Lipinski definition) is 1. The minimum absolute atomic E-state index is 0. The molecule has 0 atom stereocenters. The Morgan fingerprint density at radius 3 is 2.33 bits per heavy atom. The summed E-state index contributed by atoms with van der Waals surface area (Å²) in [5, 5.41) is -0.121. The molecule has 0 aliphatic heterocycles. The number of halogens is 6. The molecule has 0 amide bonds. The van der Waals surface area contributed by atoms with Gasteiger partial charge in [0.25, 0.3) is 0 Å². The minimum atomic E-state index is -4.44. The van der Waals surface area contributed by atoms with Gasteiger partial charge in [0.1, 0.15) is 11.5 Å². The summed E-state index contributed by atoms with van der Waals surface area (Å²) in [5.74, 6) is 0.531. The maximum absolute atomic E-state index is 12.5. The van der Waals surface area contributed by atoms with Crippen LogP contribution in [0.3, 0.4) is 0 Å². The van der Waals surface area contributed by atoms with E-state index in [1.54, 1.807) is 24.3 Å². The van der Waals surface area contributed by atoms with E-state index in [4.69, 9.17) is 28.1 Å². The second kappa shape index (κ2) is 7.11. The third kappa shape index (κ3) is 4.59. The molecule has 8 heteroatoms. The maximum Gasteiger partial charge on any atom is 0.416 e. The van der Waals surface area contributed by atoms with E-state index < -0.39 is 11.7 Å². The highest BCUT2D eigenvalue weighted by Gasteiger charge is 2.31. The number of benzene rings is 2. The van der Waals surface area contributed by atoms with Crippen molar-refractivity contribution in [2.24, 2.45) is 0 Å². The molecule has 0 fully saturated rings. The first-order chi connectivity index (χ1) is 9.40. The molecule has 2 aromatic rings. The van der Waals surface area contributed by atoms with Crippen molar-refractivity contribution in [1.29, 1.82) is 0 Å². The summed E-state index contributed by atoms with van der Waals surface area (Å²) < 4.78 is 42.9. The first-order valence-corrected chi connectivity index (χ1v) is 6.17. The molecule has 2 aromatic carbocycles. The average molecular weight is 359 g/mol. The Morgan fingerprint density at radius 1 is 1.05 bits per heavy atom. The van der Waals surface area contributed by atoms with E-state index in [0.717, 1.165) is 12.1 Å². The van der Waals surface area contributed by atoms with Gasteiger partial charge < -0.3 is 4.74 Å². The normalized spacial score (nSPS) is 10.7. The van der Waals surface area contributed by atoms with Crippen LogP contribution in [0.25, 0.3) is 0 Å². The van der Waals surface area contributed by atoms with E-state index >= 15 is 0 Å². The van der Waals surface area contributed by atoms with Gasteiger partial charge in [0.15, 0.2) is 0 Å². The van der Waals surface area contributed by atoms with Crippen LogP contribution in [0.15, 0.2) is 42.5 Å². The van der Waals surface area contributed by atoms with Crippen LogP contribution in [0.5, 0.6) is 11.5 Å². The van der Waals surface area contributed by atoms with Crippen molar-refractivity contribution in [2.75, 3.05) is 4.84 Å². The highest BCUT2D eigenvalue weighted by molar-refractivity contribution is 6.32. The molecule has 0 radical (unpaired) electrons. The third-order valence-electron chi connectivity index (χ3n) is 2.43. The van der Waals surface area contributed by atoms with Gasteiger partial charge in [-0.1, -0.05) is 17.7 Å². The molecule has 0 spiro atoms. The molecule has 0 bridgehead atoms.